The number of hydrogen-bond acceptors (Lipinski definition) is 3. The Kier molecular flexibility index (Phi) is 4.13. The summed E-state index contributed by atoms with van der Waals surface area (Å²) in [5.74, 6) is 0. The molecule has 2 aromatic rings. The highest BCUT2D eigenvalue weighted by Gasteiger charge is 2.00. The van der Waals surface area contributed by atoms with Crippen LogP contribution in [0.3, 0.4) is 0 Å². The van der Waals surface area contributed by atoms with Crippen LogP contribution in [-0.4, -0.2) is 9.55 Å². The molecule has 0 radical (unpaired) electrons. The molecule has 2 aromatic heterocycles. The van der Waals surface area contributed by atoms with E-state index in [1.165, 1.54) is 0 Å². The van der Waals surface area contributed by atoms with E-state index in [4.69, 9.17) is 16.9 Å². The highest BCUT2D eigenvalue weighted by molar-refractivity contribution is 9.10. The van der Waals surface area contributed by atoms with Crippen LogP contribution < -0.4 is 5.49 Å². The van der Waals surface area contributed by atoms with E-state index in [0.717, 1.165) is 10.0 Å². The van der Waals surface area contributed by atoms with Crippen molar-refractivity contribution in [2.75, 3.05) is 0 Å². The lowest BCUT2D eigenvalue weighted by molar-refractivity contribution is 0.736. The largest absolute Gasteiger partial charge is 0.327 e. The molecule has 0 aliphatic heterocycles. The number of hydrogen-bond donors (Lipinski definition) is 0. The fourth-order valence-electron chi connectivity index (χ4n) is 1.50. The summed E-state index contributed by atoms with van der Waals surface area (Å²) < 4.78 is 2.63. The first-order chi connectivity index (χ1) is 8.70. The quantitative estimate of drug-likeness (QED) is 0.630. The molecule has 2 heterocycles. The van der Waals surface area contributed by atoms with E-state index in [0.29, 0.717) is 17.2 Å². The van der Waals surface area contributed by atoms with Gasteiger partial charge in [0.1, 0.15) is 5.15 Å². The van der Waals surface area contributed by atoms with E-state index in [2.05, 4.69) is 25.9 Å². The van der Waals surface area contributed by atoms with Gasteiger partial charge in [0, 0.05) is 12.4 Å². The van der Waals surface area contributed by atoms with E-state index in [-0.39, 0.29) is 0 Å². The average Bonchev–Trinajstić information content (AvgIpc) is 2.36. The molecule has 0 saturated carbocycles. The van der Waals surface area contributed by atoms with Crippen LogP contribution in [0.2, 0.25) is 5.15 Å². The summed E-state index contributed by atoms with van der Waals surface area (Å²) >= 11 is 9.10. The Bertz CT molecular complexity index is 655. The second-order valence-corrected chi connectivity index (χ2v) is 4.75. The third kappa shape index (κ3) is 2.97. The first kappa shape index (κ1) is 12.8. The minimum atomic E-state index is 0.458. The fraction of sp³-hybridized carbons (Fsp3) is 0.0833. The lowest BCUT2D eigenvalue weighted by atomic mass is 10.3. The third-order valence-electron chi connectivity index (χ3n) is 2.29. The van der Waals surface area contributed by atoms with Gasteiger partial charge in [-0.3, -0.25) is 0 Å². The van der Waals surface area contributed by atoms with Crippen molar-refractivity contribution in [3.05, 3.63) is 57.3 Å². The normalized spacial score (nSPS) is 11.3. The zero-order valence-electron chi connectivity index (χ0n) is 9.22. The molecule has 18 heavy (non-hydrogen) atoms. The van der Waals surface area contributed by atoms with Crippen molar-refractivity contribution in [3.63, 3.8) is 0 Å². The van der Waals surface area contributed by atoms with Crippen molar-refractivity contribution in [1.82, 2.24) is 9.55 Å². The van der Waals surface area contributed by atoms with E-state index in [1.807, 2.05) is 29.0 Å². The standard InChI is InChI=1S/C12H8BrClN4/c13-10-2-1-5-18(12(10)17-8-15)7-9-3-4-11(14)16-6-9/h1-6H,7H2. The summed E-state index contributed by atoms with van der Waals surface area (Å²) in [5, 5.41) is 9.15. The second-order valence-electron chi connectivity index (χ2n) is 3.51. The number of nitrogens with zero attached hydrogens (tertiary/aromatic N) is 4. The topological polar surface area (TPSA) is 54.0 Å². The Hall–Kier alpha value is -1.64. The highest BCUT2D eigenvalue weighted by atomic mass is 79.9. The molecule has 0 N–H and O–H groups in total. The molecular weight excluding hydrogens is 316 g/mol. The Morgan fingerprint density at radius 1 is 1.44 bits per heavy atom. The maximum Gasteiger partial charge on any atom is 0.207 e. The first-order valence-corrected chi connectivity index (χ1v) is 6.26. The molecule has 0 saturated heterocycles. The summed E-state index contributed by atoms with van der Waals surface area (Å²) in [6.45, 7) is 0.574. The van der Waals surface area contributed by atoms with Gasteiger partial charge in [0.05, 0.1) is 11.0 Å². The van der Waals surface area contributed by atoms with Crippen LogP contribution in [0, 0.1) is 11.5 Å². The van der Waals surface area contributed by atoms with Crippen LogP contribution in [0.25, 0.3) is 0 Å². The minimum Gasteiger partial charge on any atom is -0.327 e. The summed E-state index contributed by atoms with van der Waals surface area (Å²) in [6.07, 6.45) is 5.36. The van der Waals surface area contributed by atoms with Crippen molar-refractivity contribution < 1.29 is 0 Å². The lowest BCUT2D eigenvalue weighted by Gasteiger charge is -2.07. The molecule has 0 spiro atoms. The molecule has 0 bridgehead atoms. The molecular formula is C12H8BrClN4. The number of pyridine rings is 2. The molecule has 6 heteroatoms. The average molecular weight is 324 g/mol. The smallest absolute Gasteiger partial charge is 0.207 e. The molecule has 0 aromatic carbocycles. The fourth-order valence-corrected chi connectivity index (χ4v) is 2.08. The number of aromatic nitrogens is 2. The van der Waals surface area contributed by atoms with Crippen LogP contribution >= 0.6 is 27.5 Å². The maximum atomic E-state index is 8.69. The number of rotatable bonds is 2. The number of nitriles is 1. The van der Waals surface area contributed by atoms with E-state index in [9.17, 15) is 0 Å². The summed E-state index contributed by atoms with van der Waals surface area (Å²) in [5.41, 5.74) is 1.56. The van der Waals surface area contributed by atoms with Gasteiger partial charge in [-0.25, -0.2) is 4.98 Å². The van der Waals surface area contributed by atoms with Gasteiger partial charge in [0.15, 0.2) is 5.49 Å². The van der Waals surface area contributed by atoms with Crippen molar-refractivity contribution in [2.45, 2.75) is 6.54 Å². The maximum absolute atomic E-state index is 8.69. The van der Waals surface area contributed by atoms with Crippen LogP contribution in [0.15, 0.2) is 46.1 Å². The van der Waals surface area contributed by atoms with Gasteiger partial charge in [-0.2, -0.15) is 10.3 Å². The molecule has 0 aliphatic rings. The molecule has 2 rings (SSSR count). The first-order valence-electron chi connectivity index (χ1n) is 5.09. The van der Waals surface area contributed by atoms with Crippen molar-refractivity contribution in [3.8, 4) is 6.19 Å². The van der Waals surface area contributed by atoms with Gasteiger partial charge < -0.3 is 4.57 Å². The molecule has 0 amide bonds. The van der Waals surface area contributed by atoms with Crippen molar-refractivity contribution >= 4 is 27.5 Å². The monoisotopic (exact) mass is 322 g/mol. The van der Waals surface area contributed by atoms with Gasteiger partial charge in [0.25, 0.3) is 0 Å². The van der Waals surface area contributed by atoms with Gasteiger partial charge >= 0.3 is 0 Å². The predicted octanol–water partition coefficient (Wildman–Crippen LogP) is 2.73. The molecule has 90 valence electrons. The SMILES string of the molecule is N#CN=c1c(Br)cccn1Cc1ccc(Cl)nc1. The Labute approximate surface area is 117 Å². The van der Waals surface area contributed by atoms with Crippen LogP contribution in [0.5, 0.6) is 0 Å². The molecule has 0 aliphatic carbocycles. The van der Waals surface area contributed by atoms with E-state index >= 15 is 0 Å². The lowest BCUT2D eigenvalue weighted by Crippen LogP contribution is -2.21. The van der Waals surface area contributed by atoms with Crippen molar-refractivity contribution in [2.24, 2.45) is 4.99 Å². The Balaban J connectivity index is 2.41. The summed E-state index contributed by atoms with van der Waals surface area (Å²) in [6, 6.07) is 7.34. The molecule has 0 fully saturated rings. The van der Waals surface area contributed by atoms with Gasteiger partial charge in [-0.15, -0.1) is 0 Å². The van der Waals surface area contributed by atoms with E-state index < -0.39 is 0 Å². The third-order valence-corrected chi connectivity index (χ3v) is 3.13. The molecule has 0 unspecified atom stereocenters. The van der Waals surface area contributed by atoms with Gasteiger partial charge in [-0.05, 0) is 39.7 Å². The molecule has 4 nitrogen and oxygen atoms in total. The minimum absolute atomic E-state index is 0.458. The summed E-state index contributed by atoms with van der Waals surface area (Å²) in [4.78, 5) is 7.81. The number of halogens is 2. The van der Waals surface area contributed by atoms with Gasteiger partial charge in [0.2, 0.25) is 6.19 Å². The van der Waals surface area contributed by atoms with E-state index in [1.54, 1.807) is 18.5 Å². The Morgan fingerprint density at radius 3 is 2.94 bits per heavy atom. The van der Waals surface area contributed by atoms with Crippen molar-refractivity contribution in [1.29, 1.82) is 5.26 Å². The highest BCUT2D eigenvalue weighted by Crippen LogP contribution is 2.07. The van der Waals surface area contributed by atoms with Crippen LogP contribution in [0.1, 0.15) is 5.56 Å². The molecule has 0 atom stereocenters. The summed E-state index contributed by atoms with van der Waals surface area (Å²) in [7, 11) is 0. The second kappa shape index (κ2) is 5.80. The zero-order chi connectivity index (χ0) is 13.0. The Morgan fingerprint density at radius 2 is 2.28 bits per heavy atom. The van der Waals surface area contributed by atoms with Crippen LogP contribution in [-0.2, 0) is 6.54 Å². The predicted molar refractivity (Wildman–Crippen MR) is 71.7 cm³/mol. The zero-order valence-corrected chi connectivity index (χ0v) is 11.6. The van der Waals surface area contributed by atoms with Gasteiger partial charge in [-0.1, -0.05) is 17.7 Å². The van der Waals surface area contributed by atoms with Crippen LogP contribution in [0.4, 0.5) is 0 Å².